The fourth-order valence-electron chi connectivity index (χ4n) is 7.15. The van der Waals surface area contributed by atoms with Gasteiger partial charge in [0, 0.05) is 37.7 Å². The van der Waals surface area contributed by atoms with E-state index in [2.05, 4.69) is 0 Å². The normalized spacial score (nSPS) is 23.7. The molecule has 208 valence electrons. The zero-order valence-electron chi connectivity index (χ0n) is 22.2. The first-order valence-electron chi connectivity index (χ1n) is 13.0. The van der Waals surface area contributed by atoms with E-state index in [4.69, 9.17) is 16.3 Å². The van der Waals surface area contributed by atoms with Crippen LogP contribution in [0.4, 0.5) is 8.78 Å². The fraction of sp³-hybridized carbons (Fsp3) is 0.483. The van der Waals surface area contributed by atoms with Gasteiger partial charge in [0.15, 0.2) is 5.82 Å². The second-order valence-electron chi connectivity index (χ2n) is 11.2. The van der Waals surface area contributed by atoms with Crippen molar-refractivity contribution < 1.29 is 33.0 Å². The minimum atomic E-state index is -1.12. The monoisotopic (exact) mass is 560 g/mol. The highest BCUT2D eigenvalue weighted by Gasteiger charge is 2.66. The molecule has 3 aliphatic rings. The number of hydrogen-bond donors (Lipinski definition) is 1. The van der Waals surface area contributed by atoms with Crippen molar-refractivity contribution in [3.05, 3.63) is 63.2 Å². The van der Waals surface area contributed by atoms with Crippen molar-refractivity contribution in [1.82, 2.24) is 9.80 Å². The van der Waals surface area contributed by atoms with Crippen LogP contribution in [-0.4, -0.2) is 66.0 Å². The van der Waals surface area contributed by atoms with Gasteiger partial charge in [-0.1, -0.05) is 11.6 Å². The summed E-state index contributed by atoms with van der Waals surface area (Å²) in [6.07, 6.45) is 2.47. The zero-order chi connectivity index (χ0) is 28.3. The minimum absolute atomic E-state index is 0.00498. The molecule has 3 fully saturated rings. The number of hydrogen-bond acceptors (Lipinski definition) is 5. The number of rotatable bonds is 3. The molecule has 39 heavy (non-hydrogen) atoms. The van der Waals surface area contributed by atoms with Gasteiger partial charge in [0.2, 0.25) is 0 Å². The van der Waals surface area contributed by atoms with E-state index in [0.717, 1.165) is 18.6 Å². The molecule has 1 unspecified atom stereocenters. The maximum atomic E-state index is 14.7. The van der Waals surface area contributed by atoms with E-state index in [1.54, 1.807) is 30.9 Å². The quantitative estimate of drug-likeness (QED) is 0.427. The molecule has 2 saturated heterocycles. The van der Waals surface area contributed by atoms with E-state index >= 15 is 0 Å². The van der Waals surface area contributed by atoms with Crippen LogP contribution in [0.3, 0.4) is 0 Å². The zero-order valence-corrected chi connectivity index (χ0v) is 22.9. The van der Waals surface area contributed by atoms with Crippen LogP contribution < -0.4 is 0 Å². The van der Waals surface area contributed by atoms with Crippen LogP contribution in [0.1, 0.15) is 57.5 Å². The largest absolute Gasteiger partial charge is 0.507 e. The van der Waals surface area contributed by atoms with Crippen LogP contribution in [-0.2, 0) is 9.53 Å². The molecule has 10 heteroatoms. The number of aromatic hydroxyl groups is 1. The number of fused-ring (bicyclic) bond motifs is 2. The first-order valence-corrected chi connectivity index (χ1v) is 13.4. The first-order chi connectivity index (χ1) is 18.4. The summed E-state index contributed by atoms with van der Waals surface area (Å²) in [7, 11) is 1.31. The number of phenolic OH excluding ortho intramolecular Hbond substituents is 1. The molecule has 5 rings (SSSR count). The summed E-state index contributed by atoms with van der Waals surface area (Å²) >= 11 is 5.83. The van der Waals surface area contributed by atoms with E-state index in [1.807, 2.05) is 0 Å². The van der Waals surface area contributed by atoms with Gasteiger partial charge in [0.1, 0.15) is 17.1 Å². The Balaban J connectivity index is 1.39. The average Bonchev–Trinajstić information content (AvgIpc) is 3.46. The first kappa shape index (κ1) is 27.4. The van der Waals surface area contributed by atoms with Crippen molar-refractivity contribution in [1.29, 1.82) is 0 Å². The van der Waals surface area contributed by atoms with E-state index in [0.29, 0.717) is 49.0 Å². The number of nitrogens with zero attached hydrogens (tertiary/aromatic N) is 2. The molecule has 2 aliphatic heterocycles. The highest BCUT2D eigenvalue weighted by Crippen LogP contribution is 2.62. The summed E-state index contributed by atoms with van der Waals surface area (Å²) in [6, 6.07) is 5.38. The molecule has 2 atom stereocenters. The van der Waals surface area contributed by atoms with Gasteiger partial charge < -0.3 is 19.6 Å². The lowest BCUT2D eigenvalue weighted by Gasteiger charge is -2.44. The maximum Gasteiger partial charge on any atom is 0.313 e. The van der Waals surface area contributed by atoms with Crippen molar-refractivity contribution in [3.8, 4) is 5.75 Å². The lowest BCUT2D eigenvalue weighted by molar-refractivity contribution is -0.154. The highest BCUT2D eigenvalue weighted by atomic mass is 35.5. The van der Waals surface area contributed by atoms with Gasteiger partial charge in [-0.2, -0.15) is 0 Å². The standard InChI is InChI=1S/C29H31ClF2N2O5/c1-16-12-18(13-17(2)24(16)35)25(36)33-10-8-28(9-11-33)6-7-29(27(38)39-3)15-34(14-21(28)29)26(37)22-20(31)5-4-19(30)23(22)32/h4-5,12-13,21,35H,6-11,14-15H2,1-3H3/t21-,29?/m0/s1. The van der Waals surface area contributed by atoms with Crippen molar-refractivity contribution >= 4 is 29.4 Å². The molecule has 1 saturated carbocycles. The smallest absolute Gasteiger partial charge is 0.313 e. The molecule has 2 heterocycles. The third kappa shape index (κ3) is 4.26. The number of benzene rings is 2. The van der Waals surface area contributed by atoms with Gasteiger partial charge in [-0.05, 0) is 80.3 Å². The van der Waals surface area contributed by atoms with Crippen LogP contribution in [0.15, 0.2) is 24.3 Å². The van der Waals surface area contributed by atoms with Crippen molar-refractivity contribution in [2.24, 2.45) is 16.7 Å². The highest BCUT2D eigenvalue weighted by molar-refractivity contribution is 6.31. The number of amides is 2. The molecule has 1 spiro atoms. The Kier molecular flexibility index (Phi) is 6.85. The molecule has 1 N–H and O–H groups in total. The van der Waals surface area contributed by atoms with Gasteiger partial charge in [-0.3, -0.25) is 14.4 Å². The molecule has 0 bridgehead atoms. The minimum Gasteiger partial charge on any atom is -0.507 e. The molecule has 0 aromatic heterocycles. The molecule has 2 aromatic rings. The number of carbonyl (C=O) groups is 3. The Hall–Kier alpha value is -3.20. The number of ether oxygens (including phenoxy) is 1. The lowest BCUT2D eigenvalue weighted by atomic mass is 9.66. The van der Waals surface area contributed by atoms with Crippen LogP contribution >= 0.6 is 11.6 Å². The number of carbonyl (C=O) groups excluding carboxylic acids is 3. The van der Waals surface area contributed by atoms with E-state index < -0.39 is 34.5 Å². The SMILES string of the molecule is COC(=O)C12CCC3(CCN(C(=O)c4cc(C)c(O)c(C)c4)CC3)[C@@H]1CN(C(=O)c1c(F)ccc(Cl)c1F)C2. The summed E-state index contributed by atoms with van der Waals surface area (Å²) in [6.45, 7) is 4.61. The fourth-order valence-corrected chi connectivity index (χ4v) is 7.31. The number of esters is 1. The van der Waals surface area contributed by atoms with Crippen LogP contribution in [0, 0.1) is 42.2 Å². The summed E-state index contributed by atoms with van der Waals surface area (Å²) in [5.41, 5.74) is -0.254. The third-order valence-electron chi connectivity index (χ3n) is 9.27. The number of aryl methyl sites for hydroxylation is 2. The summed E-state index contributed by atoms with van der Waals surface area (Å²) in [5, 5.41) is 9.72. The second-order valence-corrected chi connectivity index (χ2v) is 11.6. The third-order valence-corrected chi connectivity index (χ3v) is 9.56. The molecular weight excluding hydrogens is 530 g/mol. The Morgan fingerprint density at radius 3 is 2.26 bits per heavy atom. The van der Waals surface area contributed by atoms with Crippen LogP contribution in [0.2, 0.25) is 5.02 Å². The Morgan fingerprint density at radius 2 is 1.64 bits per heavy atom. The molecule has 2 aromatic carbocycles. The van der Waals surface area contributed by atoms with Gasteiger partial charge in [0.05, 0.1) is 17.5 Å². The number of piperidine rings is 1. The molecule has 0 radical (unpaired) electrons. The van der Waals surface area contributed by atoms with E-state index in [9.17, 15) is 28.3 Å². The topological polar surface area (TPSA) is 87.2 Å². The number of likely N-dealkylation sites (tertiary alicyclic amines) is 2. The second kappa shape index (κ2) is 9.77. The van der Waals surface area contributed by atoms with E-state index in [-0.39, 0.29) is 41.1 Å². The van der Waals surface area contributed by atoms with Crippen LogP contribution in [0.5, 0.6) is 5.75 Å². The predicted octanol–water partition coefficient (Wildman–Crippen LogP) is 4.89. The van der Waals surface area contributed by atoms with Crippen molar-refractivity contribution in [2.75, 3.05) is 33.3 Å². The van der Waals surface area contributed by atoms with E-state index in [1.165, 1.54) is 12.0 Å². The predicted molar refractivity (Wildman–Crippen MR) is 140 cm³/mol. The Morgan fingerprint density at radius 1 is 1.00 bits per heavy atom. The lowest BCUT2D eigenvalue weighted by Crippen LogP contribution is -2.48. The number of halogens is 3. The molecule has 2 amide bonds. The van der Waals surface area contributed by atoms with Crippen molar-refractivity contribution in [2.45, 2.75) is 39.5 Å². The Bertz CT molecular complexity index is 1350. The Labute approximate surface area is 230 Å². The molecular formula is C29H31ClF2N2O5. The summed E-state index contributed by atoms with van der Waals surface area (Å²) in [5.74, 6) is -3.62. The van der Waals surface area contributed by atoms with Gasteiger partial charge in [-0.25, -0.2) is 8.78 Å². The number of methoxy groups -OCH3 is 1. The van der Waals surface area contributed by atoms with Gasteiger partial charge >= 0.3 is 5.97 Å². The van der Waals surface area contributed by atoms with Gasteiger partial charge in [-0.15, -0.1) is 0 Å². The van der Waals surface area contributed by atoms with Gasteiger partial charge in [0.25, 0.3) is 11.8 Å². The summed E-state index contributed by atoms with van der Waals surface area (Å²) < 4.78 is 34.4. The van der Waals surface area contributed by atoms with Crippen LogP contribution in [0.25, 0.3) is 0 Å². The molecule has 7 nitrogen and oxygen atoms in total. The average molecular weight is 561 g/mol. The summed E-state index contributed by atoms with van der Waals surface area (Å²) in [4.78, 5) is 42.9. The van der Waals surface area contributed by atoms with Crippen molar-refractivity contribution in [3.63, 3.8) is 0 Å². The maximum absolute atomic E-state index is 14.7. The number of phenols is 1. The molecule has 1 aliphatic carbocycles.